The molecular formula is C20H40. The third-order valence-electron chi connectivity index (χ3n) is 5.62. The van der Waals surface area contributed by atoms with Gasteiger partial charge in [-0.25, -0.2) is 0 Å². The zero-order valence-electron chi connectivity index (χ0n) is 14.6. The number of unbranched alkanes of at least 4 members (excludes halogenated alkanes) is 7. The van der Waals surface area contributed by atoms with E-state index in [9.17, 15) is 0 Å². The van der Waals surface area contributed by atoms with E-state index in [-0.39, 0.29) is 0 Å². The van der Waals surface area contributed by atoms with Gasteiger partial charge >= 0.3 is 0 Å². The molecule has 0 heterocycles. The highest BCUT2D eigenvalue weighted by Crippen LogP contribution is 2.36. The lowest BCUT2D eigenvalue weighted by atomic mass is 9.74. The fourth-order valence-electron chi connectivity index (χ4n) is 3.56. The van der Waals surface area contributed by atoms with Crippen molar-refractivity contribution in [2.45, 2.75) is 111 Å². The van der Waals surface area contributed by atoms with Crippen LogP contribution >= 0.6 is 0 Å². The molecule has 0 heteroatoms. The highest BCUT2D eigenvalue weighted by molar-refractivity contribution is 4.75. The first-order valence-electron chi connectivity index (χ1n) is 9.74. The van der Waals surface area contributed by atoms with Crippen molar-refractivity contribution in [2.75, 3.05) is 0 Å². The fraction of sp³-hybridized carbons (Fsp3) is 1.00. The van der Waals surface area contributed by atoms with Gasteiger partial charge in [-0.15, -0.1) is 0 Å². The number of rotatable bonds is 13. The van der Waals surface area contributed by atoms with Crippen LogP contribution in [0.15, 0.2) is 0 Å². The molecule has 0 saturated heterocycles. The Morgan fingerprint density at radius 1 is 0.750 bits per heavy atom. The average Bonchev–Trinajstić information content (AvgIpc) is 2.37. The molecular weight excluding hydrogens is 240 g/mol. The highest BCUT2D eigenvalue weighted by atomic mass is 14.3. The normalized spacial score (nSPS) is 18.8. The second-order valence-corrected chi connectivity index (χ2v) is 7.61. The van der Waals surface area contributed by atoms with Gasteiger partial charge in [0.2, 0.25) is 0 Å². The van der Waals surface area contributed by atoms with E-state index in [1.165, 1.54) is 89.9 Å². The van der Waals surface area contributed by atoms with E-state index in [0.29, 0.717) is 0 Å². The molecule has 0 bridgehead atoms. The topological polar surface area (TPSA) is 0 Å². The molecule has 0 aliphatic heterocycles. The molecule has 2 atom stereocenters. The first-order valence-corrected chi connectivity index (χ1v) is 9.74. The molecule has 0 amide bonds. The van der Waals surface area contributed by atoms with E-state index in [0.717, 1.165) is 17.8 Å². The summed E-state index contributed by atoms with van der Waals surface area (Å²) in [5, 5.41) is 0. The van der Waals surface area contributed by atoms with Gasteiger partial charge in [0, 0.05) is 0 Å². The maximum Gasteiger partial charge on any atom is -0.0388 e. The summed E-state index contributed by atoms with van der Waals surface area (Å²) in [5.74, 6) is 3.06. The lowest BCUT2D eigenvalue weighted by Crippen LogP contribution is -2.20. The van der Waals surface area contributed by atoms with E-state index in [1.54, 1.807) is 0 Å². The number of hydrogen-bond acceptors (Lipinski definition) is 0. The molecule has 0 spiro atoms. The quantitative estimate of drug-likeness (QED) is 0.309. The van der Waals surface area contributed by atoms with Crippen molar-refractivity contribution in [3.63, 3.8) is 0 Å². The van der Waals surface area contributed by atoms with Crippen molar-refractivity contribution in [3.8, 4) is 0 Å². The van der Waals surface area contributed by atoms with E-state index in [1.807, 2.05) is 0 Å². The Kier molecular flexibility index (Phi) is 10.5. The Morgan fingerprint density at radius 3 is 1.90 bits per heavy atom. The molecule has 0 aromatic rings. The van der Waals surface area contributed by atoms with Crippen LogP contribution in [0, 0.1) is 17.8 Å². The summed E-state index contributed by atoms with van der Waals surface area (Å²) in [7, 11) is 0. The van der Waals surface area contributed by atoms with Gasteiger partial charge in [-0.3, -0.25) is 0 Å². The Balaban J connectivity index is 1.83. The standard InChI is InChI=1S/C20H40/c1-4-5-6-7-8-9-10-11-13-18(2)16-17-19(3)20-14-12-15-20/h18-20H,4-17H2,1-3H3. The van der Waals surface area contributed by atoms with Crippen LogP contribution in [-0.4, -0.2) is 0 Å². The molecule has 0 N–H and O–H groups in total. The maximum absolute atomic E-state index is 2.49. The minimum Gasteiger partial charge on any atom is -0.0654 e. The molecule has 1 aliphatic rings. The smallest absolute Gasteiger partial charge is 0.0388 e. The van der Waals surface area contributed by atoms with Crippen LogP contribution in [0.4, 0.5) is 0 Å². The van der Waals surface area contributed by atoms with Crippen molar-refractivity contribution in [2.24, 2.45) is 17.8 Å². The van der Waals surface area contributed by atoms with Crippen LogP contribution in [0.1, 0.15) is 111 Å². The molecule has 120 valence electrons. The van der Waals surface area contributed by atoms with E-state index >= 15 is 0 Å². The molecule has 1 rings (SSSR count). The van der Waals surface area contributed by atoms with Gasteiger partial charge in [-0.05, 0) is 17.8 Å². The second kappa shape index (κ2) is 11.6. The van der Waals surface area contributed by atoms with E-state index in [4.69, 9.17) is 0 Å². The summed E-state index contributed by atoms with van der Waals surface area (Å²) in [6.07, 6.45) is 20.7. The van der Waals surface area contributed by atoms with E-state index in [2.05, 4.69) is 20.8 Å². The van der Waals surface area contributed by atoms with Gasteiger partial charge < -0.3 is 0 Å². The van der Waals surface area contributed by atoms with Crippen LogP contribution in [-0.2, 0) is 0 Å². The Morgan fingerprint density at radius 2 is 1.35 bits per heavy atom. The SMILES string of the molecule is CCCCCCCCCCC(C)CCC(C)C1CCC1. The monoisotopic (exact) mass is 280 g/mol. The Hall–Kier alpha value is 0. The first kappa shape index (κ1) is 18.1. The van der Waals surface area contributed by atoms with Gasteiger partial charge in [0.1, 0.15) is 0 Å². The lowest BCUT2D eigenvalue weighted by Gasteiger charge is -2.32. The molecule has 1 fully saturated rings. The first-order chi connectivity index (χ1) is 9.74. The molecule has 20 heavy (non-hydrogen) atoms. The highest BCUT2D eigenvalue weighted by Gasteiger charge is 2.23. The molecule has 0 aromatic carbocycles. The zero-order valence-corrected chi connectivity index (χ0v) is 14.6. The van der Waals surface area contributed by atoms with Gasteiger partial charge in [0.05, 0.1) is 0 Å². The van der Waals surface area contributed by atoms with E-state index < -0.39 is 0 Å². The summed E-state index contributed by atoms with van der Waals surface area (Å²) >= 11 is 0. The second-order valence-electron chi connectivity index (χ2n) is 7.61. The lowest BCUT2D eigenvalue weighted by molar-refractivity contribution is 0.200. The average molecular weight is 281 g/mol. The fourth-order valence-corrected chi connectivity index (χ4v) is 3.56. The van der Waals surface area contributed by atoms with Crippen LogP contribution in [0.25, 0.3) is 0 Å². The van der Waals surface area contributed by atoms with Gasteiger partial charge in [0.25, 0.3) is 0 Å². The summed E-state index contributed by atoms with van der Waals surface area (Å²) in [5.41, 5.74) is 0. The maximum atomic E-state index is 2.49. The molecule has 1 aliphatic carbocycles. The Labute approximate surface area is 129 Å². The van der Waals surface area contributed by atoms with Crippen molar-refractivity contribution < 1.29 is 0 Å². The van der Waals surface area contributed by atoms with Crippen molar-refractivity contribution in [1.29, 1.82) is 0 Å². The largest absolute Gasteiger partial charge is 0.0654 e. The van der Waals surface area contributed by atoms with Crippen molar-refractivity contribution >= 4 is 0 Å². The van der Waals surface area contributed by atoms with Gasteiger partial charge in [-0.2, -0.15) is 0 Å². The molecule has 1 saturated carbocycles. The minimum atomic E-state index is 0.970. The van der Waals surface area contributed by atoms with Gasteiger partial charge in [-0.1, -0.05) is 111 Å². The molecule has 0 nitrogen and oxygen atoms in total. The predicted octanol–water partition coefficient (Wildman–Crippen LogP) is 7.37. The predicted molar refractivity (Wildman–Crippen MR) is 92.1 cm³/mol. The van der Waals surface area contributed by atoms with Crippen molar-refractivity contribution in [1.82, 2.24) is 0 Å². The number of hydrogen-bond donors (Lipinski definition) is 0. The third-order valence-corrected chi connectivity index (χ3v) is 5.62. The summed E-state index contributed by atoms with van der Waals surface area (Å²) in [4.78, 5) is 0. The third kappa shape index (κ3) is 8.32. The molecule has 2 unspecified atom stereocenters. The van der Waals surface area contributed by atoms with Gasteiger partial charge in [0.15, 0.2) is 0 Å². The zero-order chi connectivity index (χ0) is 14.6. The van der Waals surface area contributed by atoms with Crippen LogP contribution in [0.2, 0.25) is 0 Å². The van der Waals surface area contributed by atoms with Crippen LogP contribution in [0.3, 0.4) is 0 Å². The summed E-state index contributed by atoms with van der Waals surface area (Å²) < 4.78 is 0. The summed E-state index contributed by atoms with van der Waals surface area (Å²) in [6.45, 7) is 7.27. The van der Waals surface area contributed by atoms with Crippen LogP contribution in [0.5, 0.6) is 0 Å². The summed E-state index contributed by atoms with van der Waals surface area (Å²) in [6, 6.07) is 0. The van der Waals surface area contributed by atoms with Crippen LogP contribution < -0.4 is 0 Å². The molecule has 0 radical (unpaired) electrons. The molecule has 0 aromatic heterocycles. The van der Waals surface area contributed by atoms with Crippen molar-refractivity contribution in [3.05, 3.63) is 0 Å². The Bertz CT molecular complexity index is 204. The minimum absolute atomic E-state index is 0.970.